The molecule has 3 rings (SSSR count). The average Bonchev–Trinajstić information content (AvgIpc) is 2.78. The van der Waals surface area contributed by atoms with Gasteiger partial charge in [-0.25, -0.2) is 0 Å². The van der Waals surface area contributed by atoms with Crippen molar-refractivity contribution in [2.75, 3.05) is 17.7 Å². The number of carbonyl (C=O) groups is 1. The molecule has 3 N–H and O–H groups in total. The van der Waals surface area contributed by atoms with Gasteiger partial charge in [0.1, 0.15) is 17.5 Å². The summed E-state index contributed by atoms with van der Waals surface area (Å²) in [5.41, 5.74) is 1.28. The van der Waals surface area contributed by atoms with Gasteiger partial charge in [-0.2, -0.15) is 0 Å². The highest BCUT2D eigenvalue weighted by atomic mass is 32.1. The molecule has 0 aliphatic heterocycles. The molecule has 1 unspecified atom stereocenters. The molecule has 31 heavy (non-hydrogen) atoms. The second kappa shape index (κ2) is 10.2. The maximum absolute atomic E-state index is 13.1. The molecule has 0 spiro atoms. The number of nitrogens with one attached hydrogen (secondary N) is 3. The number of thiocarbonyl (C=S) groups is 1. The Balaban J connectivity index is 1.82. The standard InChI is InChI=1S/C22H20N4O4S/c1-30-19-14-8-6-12-17(19)23-21(27)20(15-9-3-2-4-10-15)25-22(31)24-16-11-5-7-13-18(16)26(28)29/h2-14,20H,1H3,(H,23,27)(H2,24,25,31). The number of hydrogen-bond donors (Lipinski definition) is 3. The number of rotatable bonds is 7. The van der Waals surface area contributed by atoms with Gasteiger partial charge < -0.3 is 20.7 Å². The third-order valence-corrected chi connectivity index (χ3v) is 4.60. The van der Waals surface area contributed by atoms with E-state index in [1.54, 1.807) is 66.7 Å². The van der Waals surface area contributed by atoms with Crippen LogP contribution in [-0.2, 0) is 4.79 Å². The number of carbonyl (C=O) groups excluding carboxylic acids is 1. The molecule has 9 heteroatoms. The van der Waals surface area contributed by atoms with Gasteiger partial charge in [-0.15, -0.1) is 0 Å². The zero-order chi connectivity index (χ0) is 22.2. The van der Waals surface area contributed by atoms with E-state index in [4.69, 9.17) is 17.0 Å². The molecular formula is C22H20N4O4S. The van der Waals surface area contributed by atoms with E-state index < -0.39 is 11.0 Å². The van der Waals surface area contributed by atoms with Gasteiger partial charge in [-0.1, -0.05) is 54.6 Å². The zero-order valence-electron chi connectivity index (χ0n) is 16.6. The molecule has 0 aromatic heterocycles. The number of nitro benzene ring substituents is 1. The summed E-state index contributed by atoms with van der Waals surface area (Å²) in [5, 5.41) is 19.9. The molecule has 0 aliphatic carbocycles. The predicted molar refractivity (Wildman–Crippen MR) is 123 cm³/mol. The van der Waals surface area contributed by atoms with Crippen LogP contribution in [0.1, 0.15) is 11.6 Å². The maximum Gasteiger partial charge on any atom is 0.292 e. The SMILES string of the molecule is COc1ccccc1NC(=O)C(NC(=S)Nc1ccccc1[N+](=O)[O-])c1ccccc1. The van der Waals surface area contributed by atoms with Crippen LogP contribution in [-0.4, -0.2) is 23.1 Å². The Morgan fingerprint density at radius 1 is 0.935 bits per heavy atom. The molecule has 0 saturated carbocycles. The number of nitrogens with zero attached hydrogens (tertiary/aromatic N) is 1. The van der Waals surface area contributed by atoms with Crippen molar-refractivity contribution in [1.82, 2.24) is 5.32 Å². The fourth-order valence-corrected chi connectivity index (χ4v) is 3.15. The maximum atomic E-state index is 13.1. The lowest BCUT2D eigenvalue weighted by Crippen LogP contribution is -2.39. The Bertz CT molecular complexity index is 1090. The molecule has 0 bridgehead atoms. The van der Waals surface area contributed by atoms with Crippen LogP contribution in [0.5, 0.6) is 5.75 Å². The zero-order valence-corrected chi connectivity index (χ0v) is 17.4. The van der Waals surface area contributed by atoms with Gasteiger partial charge in [0.05, 0.1) is 17.7 Å². The smallest absolute Gasteiger partial charge is 0.292 e. The van der Waals surface area contributed by atoms with Gasteiger partial charge in [-0.05, 0) is 36.0 Å². The third-order valence-electron chi connectivity index (χ3n) is 4.38. The van der Waals surface area contributed by atoms with Crippen LogP contribution in [0.25, 0.3) is 0 Å². The van der Waals surface area contributed by atoms with Gasteiger partial charge in [0, 0.05) is 6.07 Å². The minimum atomic E-state index is -0.853. The Kier molecular flexibility index (Phi) is 7.13. The van der Waals surface area contributed by atoms with Crippen molar-refractivity contribution >= 4 is 40.3 Å². The normalized spacial score (nSPS) is 11.1. The summed E-state index contributed by atoms with van der Waals surface area (Å²) in [6, 6.07) is 21.3. The summed E-state index contributed by atoms with van der Waals surface area (Å²) in [5.74, 6) is 0.144. The molecule has 8 nitrogen and oxygen atoms in total. The van der Waals surface area contributed by atoms with E-state index in [9.17, 15) is 14.9 Å². The molecule has 3 aromatic carbocycles. The number of methoxy groups -OCH3 is 1. The van der Waals surface area contributed by atoms with Crippen molar-refractivity contribution < 1.29 is 14.5 Å². The number of nitro groups is 1. The molecule has 0 fully saturated rings. The van der Waals surface area contributed by atoms with Crippen LogP contribution < -0.4 is 20.7 Å². The lowest BCUT2D eigenvalue weighted by Gasteiger charge is -2.21. The van der Waals surface area contributed by atoms with Crippen LogP contribution in [0.3, 0.4) is 0 Å². The fraction of sp³-hybridized carbons (Fsp3) is 0.0909. The van der Waals surface area contributed by atoms with Gasteiger partial charge in [0.15, 0.2) is 5.11 Å². The lowest BCUT2D eigenvalue weighted by molar-refractivity contribution is -0.383. The van der Waals surface area contributed by atoms with E-state index >= 15 is 0 Å². The largest absolute Gasteiger partial charge is 0.495 e. The number of amides is 1. The summed E-state index contributed by atoms with van der Waals surface area (Å²) >= 11 is 5.34. The minimum absolute atomic E-state index is 0.0679. The average molecular weight is 436 g/mol. The Hall–Kier alpha value is -3.98. The van der Waals surface area contributed by atoms with Crippen molar-refractivity contribution in [2.45, 2.75) is 6.04 Å². The number of ether oxygens (including phenoxy) is 1. The number of benzene rings is 3. The highest BCUT2D eigenvalue weighted by Crippen LogP contribution is 2.26. The third kappa shape index (κ3) is 5.55. The molecular weight excluding hydrogens is 416 g/mol. The summed E-state index contributed by atoms with van der Waals surface area (Å²) in [4.78, 5) is 23.9. The van der Waals surface area contributed by atoms with E-state index in [0.29, 0.717) is 17.0 Å². The van der Waals surface area contributed by atoms with Crippen molar-refractivity contribution in [2.24, 2.45) is 0 Å². The first-order valence-corrected chi connectivity index (χ1v) is 9.70. The summed E-state index contributed by atoms with van der Waals surface area (Å²) in [6.45, 7) is 0. The molecule has 1 amide bonds. The van der Waals surface area contributed by atoms with Crippen molar-refractivity contribution in [1.29, 1.82) is 0 Å². The minimum Gasteiger partial charge on any atom is -0.495 e. The fourth-order valence-electron chi connectivity index (χ4n) is 2.93. The van der Waals surface area contributed by atoms with Gasteiger partial charge in [-0.3, -0.25) is 14.9 Å². The van der Waals surface area contributed by atoms with Crippen molar-refractivity contribution in [3.8, 4) is 5.75 Å². The van der Waals surface area contributed by atoms with Crippen LogP contribution >= 0.6 is 12.2 Å². The monoisotopic (exact) mass is 436 g/mol. The first-order valence-electron chi connectivity index (χ1n) is 9.29. The van der Waals surface area contributed by atoms with E-state index in [1.807, 2.05) is 6.07 Å². The Morgan fingerprint density at radius 3 is 2.23 bits per heavy atom. The topological polar surface area (TPSA) is 106 Å². The quantitative estimate of drug-likeness (QED) is 0.289. The van der Waals surface area contributed by atoms with Gasteiger partial charge in [0.2, 0.25) is 0 Å². The second-order valence-corrected chi connectivity index (χ2v) is 6.81. The van der Waals surface area contributed by atoms with E-state index in [-0.39, 0.29) is 22.4 Å². The van der Waals surface area contributed by atoms with Crippen LogP contribution in [0.2, 0.25) is 0 Å². The molecule has 0 heterocycles. The number of anilines is 2. The van der Waals surface area contributed by atoms with Crippen molar-refractivity contribution in [3.63, 3.8) is 0 Å². The summed E-state index contributed by atoms with van der Waals surface area (Å²) < 4.78 is 5.29. The highest BCUT2D eigenvalue weighted by Gasteiger charge is 2.23. The summed E-state index contributed by atoms with van der Waals surface area (Å²) in [6.07, 6.45) is 0. The van der Waals surface area contributed by atoms with E-state index in [2.05, 4.69) is 16.0 Å². The van der Waals surface area contributed by atoms with Crippen LogP contribution in [0.15, 0.2) is 78.9 Å². The first kappa shape index (κ1) is 21.7. The number of hydrogen-bond acceptors (Lipinski definition) is 5. The summed E-state index contributed by atoms with van der Waals surface area (Å²) in [7, 11) is 1.52. The molecule has 1 atom stereocenters. The molecule has 0 radical (unpaired) electrons. The van der Waals surface area contributed by atoms with E-state index in [0.717, 1.165) is 0 Å². The molecule has 0 aliphatic rings. The first-order chi connectivity index (χ1) is 15.0. The van der Waals surface area contributed by atoms with E-state index in [1.165, 1.54) is 13.2 Å². The van der Waals surface area contributed by atoms with Gasteiger partial charge in [0.25, 0.3) is 11.6 Å². The second-order valence-electron chi connectivity index (χ2n) is 6.41. The Morgan fingerprint density at radius 2 is 1.55 bits per heavy atom. The predicted octanol–water partition coefficient (Wildman–Crippen LogP) is 4.27. The molecule has 3 aromatic rings. The van der Waals surface area contributed by atoms with Crippen molar-refractivity contribution in [3.05, 3.63) is 94.5 Å². The molecule has 0 saturated heterocycles. The lowest BCUT2D eigenvalue weighted by atomic mass is 10.1. The van der Waals surface area contributed by atoms with Gasteiger partial charge >= 0.3 is 0 Å². The Labute approximate surface area is 184 Å². The highest BCUT2D eigenvalue weighted by molar-refractivity contribution is 7.80. The van der Waals surface area contributed by atoms with Crippen LogP contribution in [0.4, 0.5) is 17.1 Å². The van der Waals surface area contributed by atoms with Crippen LogP contribution in [0, 0.1) is 10.1 Å². The molecule has 158 valence electrons. The number of para-hydroxylation sites is 4.